The van der Waals surface area contributed by atoms with Crippen LogP contribution in [0.2, 0.25) is 0 Å². The first kappa shape index (κ1) is 21.1. The number of pyridine rings is 1. The predicted molar refractivity (Wildman–Crippen MR) is 128 cm³/mol. The summed E-state index contributed by atoms with van der Waals surface area (Å²) in [5.74, 6) is 0.528. The highest BCUT2D eigenvalue weighted by molar-refractivity contribution is 7.13. The number of carbonyl (C=O) groups is 1. The number of carbonyl (C=O) groups excluding carboxylic acids is 1. The van der Waals surface area contributed by atoms with E-state index in [0.717, 1.165) is 53.9 Å². The highest BCUT2D eigenvalue weighted by atomic mass is 32.1. The van der Waals surface area contributed by atoms with E-state index in [1.165, 1.54) is 11.3 Å². The first-order valence-electron chi connectivity index (χ1n) is 10.6. The number of nitrogens with zero attached hydrogens (tertiary/aromatic N) is 5. The van der Waals surface area contributed by atoms with Crippen molar-refractivity contribution >= 4 is 28.6 Å². The third kappa shape index (κ3) is 4.57. The van der Waals surface area contributed by atoms with Crippen LogP contribution in [0, 0.1) is 0 Å². The molecule has 1 aliphatic rings. The SMILES string of the molecule is COc1ccc(-n2cc(-c3nc(C(=O)Nc4cnccc4N4CCNCC4)cs3)cn2)cc1. The smallest absolute Gasteiger partial charge is 0.275 e. The Kier molecular flexibility index (Phi) is 6.01. The zero-order valence-corrected chi connectivity index (χ0v) is 18.9. The fourth-order valence-corrected chi connectivity index (χ4v) is 4.45. The molecular formula is C23H23N7O2S. The highest BCUT2D eigenvalue weighted by Gasteiger charge is 2.18. The van der Waals surface area contributed by atoms with E-state index in [4.69, 9.17) is 4.74 Å². The number of aromatic nitrogens is 4. The maximum atomic E-state index is 12.9. The number of methoxy groups -OCH3 is 1. The molecular weight excluding hydrogens is 438 g/mol. The van der Waals surface area contributed by atoms with E-state index in [9.17, 15) is 4.79 Å². The molecule has 1 aliphatic heterocycles. The number of amides is 1. The number of ether oxygens (including phenoxy) is 1. The Morgan fingerprint density at radius 1 is 1.15 bits per heavy atom. The van der Waals surface area contributed by atoms with Crippen molar-refractivity contribution in [1.82, 2.24) is 25.1 Å². The lowest BCUT2D eigenvalue weighted by Gasteiger charge is -2.30. The molecule has 33 heavy (non-hydrogen) atoms. The molecule has 2 N–H and O–H groups in total. The van der Waals surface area contributed by atoms with Crippen LogP contribution in [0.15, 0.2) is 60.5 Å². The van der Waals surface area contributed by atoms with Gasteiger partial charge in [0, 0.05) is 49.5 Å². The van der Waals surface area contributed by atoms with Crippen LogP contribution in [0.4, 0.5) is 11.4 Å². The van der Waals surface area contributed by atoms with Crippen LogP contribution in [0.25, 0.3) is 16.3 Å². The average Bonchev–Trinajstić information content (AvgIpc) is 3.55. The van der Waals surface area contributed by atoms with Gasteiger partial charge in [0.1, 0.15) is 16.5 Å². The molecule has 4 heterocycles. The minimum absolute atomic E-state index is 0.260. The van der Waals surface area contributed by atoms with Gasteiger partial charge in [0.05, 0.1) is 36.6 Å². The molecule has 0 atom stereocenters. The Morgan fingerprint density at radius 3 is 2.76 bits per heavy atom. The standard InChI is InChI=1S/C23H23N7O2S/c1-32-18-4-2-17(3-5-18)30-14-16(12-26-30)23-28-20(15-33-23)22(31)27-19-13-25-7-6-21(19)29-10-8-24-9-11-29/h2-7,12-15,24H,8-11H2,1H3,(H,27,31). The molecule has 1 fully saturated rings. The summed E-state index contributed by atoms with van der Waals surface area (Å²) in [4.78, 5) is 23.9. The minimum atomic E-state index is -0.260. The van der Waals surface area contributed by atoms with Gasteiger partial charge in [-0.25, -0.2) is 9.67 Å². The topological polar surface area (TPSA) is 97.2 Å². The summed E-state index contributed by atoms with van der Waals surface area (Å²) < 4.78 is 6.97. The molecule has 3 aromatic heterocycles. The van der Waals surface area contributed by atoms with Gasteiger partial charge in [0.15, 0.2) is 0 Å². The zero-order valence-electron chi connectivity index (χ0n) is 18.1. The van der Waals surface area contributed by atoms with Gasteiger partial charge in [-0.2, -0.15) is 5.10 Å². The quantitative estimate of drug-likeness (QED) is 0.455. The Morgan fingerprint density at radius 2 is 1.97 bits per heavy atom. The summed E-state index contributed by atoms with van der Waals surface area (Å²) in [6, 6.07) is 9.56. The normalized spacial score (nSPS) is 13.7. The second-order valence-electron chi connectivity index (χ2n) is 7.49. The van der Waals surface area contributed by atoms with Crippen LogP contribution < -0.4 is 20.3 Å². The number of anilines is 2. The van der Waals surface area contributed by atoms with E-state index in [2.05, 4.69) is 30.6 Å². The van der Waals surface area contributed by atoms with Crippen LogP contribution in [-0.4, -0.2) is 58.9 Å². The van der Waals surface area contributed by atoms with Crippen molar-refractivity contribution in [3.05, 3.63) is 66.2 Å². The summed E-state index contributed by atoms with van der Waals surface area (Å²) in [6.07, 6.45) is 7.07. The largest absolute Gasteiger partial charge is 0.497 e. The summed E-state index contributed by atoms with van der Waals surface area (Å²) in [5.41, 5.74) is 3.77. The molecule has 0 saturated carbocycles. The van der Waals surface area contributed by atoms with Gasteiger partial charge in [0.25, 0.3) is 5.91 Å². The number of benzene rings is 1. The van der Waals surface area contributed by atoms with Crippen LogP contribution in [-0.2, 0) is 0 Å². The summed E-state index contributed by atoms with van der Waals surface area (Å²) in [6.45, 7) is 3.59. The van der Waals surface area contributed by atoms with Gasteiger partial charge in [-0.15, -0.1) is 11.3 Å². The fourth-order valence-electron chi connectivity index (χ4n) is 3.67. The molecule has 168 valence electrons. The summed E-state index contributed by atoms with van der Waals surface area (Å²) in [7, 11) is 1.64. The number of rotatable bonds is 6. The summed E-state index contributed by atoms with van der Waals surface area (Å²) in [5, 5.41) is 13.2. The van der Waals surface area contributed by atoms with E-state index < -0.39 is 0 Å². The van der Waals surface area contributed by atoms with Gasteiger partial charge >= 0.3 is 0 Å². The number of nitrogens with one attached hydrogen (secondary N) is 2. The third-order valence-corrected chi connectivity index (χ3v) is 6.30. The molecule has 4 aromatic rings. The fraction of sp³-hybridized carbons (Fsp3) is 0.217. The lowest BCUT2D eigenvalue weighted by molar-refractivity contribution is 0.102. The van der Waals surface area contributed by atoms with Crippen molar-refractivity contribution in [2.45, 2.75) is 0 Å². The maximum absolute atomic E-state index is 12.9. The molecule has 0 bridgehead atoms. The van der Waals surface area contributed by atoms with Crippen LogP contribution >= 0.6 is 11.3 Å². The summed E-state index contributed by atoms with van der Waals surface area (Å²) >= 11 is 1.41. The van der Waals surface area contributed by atoms with Crippen LogP contribution in [0.5, 0.6) is 5.75 Å². The maximum Gasteiger partial charge on any atom is 0.275 e. The molecule has 0 unspecified atom stereocenters. The molecule has 0 radical (unpaired) electrons. The van der Waals surface area contributed by atoms with E-state index in [-0.39, 0.29) is 5.91 Å². The van der Waals surface area contributed by atoms with E-state index in [1.54, 1.807) is 35.8 Å². The van der Waals surface area contributed by atoms with E-state index in [1.807, 2.05) is 36.5 Å². The van der Waals surface area contributed by atoms with Crippen molar-refractivity contribution in [3.8, 4) is 22.0 Å². The first-order chi connectivity index (χ1) is 16.2. The van der Waals surface area contributed by atoms with Gasteiger partial charge in [0.2, 0.25) is 0 Å². The third-order valence-electron chi connectivity index (χ3n) is 5.41. The molecule has 5 rings (SSSR count). The molecule has 1 saturated heterocycles. The molecule has 1 aromatic carbocycles. The Labute approximate surface area is 195 Å². The lowest BCUT2D eigenvalue weighted by atomic mass is 10.2. The number of piperazine rings is 1. The van der Waals surface area contributed by atoms with Crippen molar-refractivity contribution in [1.29, 1.82) is 0 Å². The van der Waals surface area contributed by atoms with E-state index in [0.29, 0.717) is 11.4 Å². The zero-order chi connectivity index (χ0) is 22.6. The lowest BCUT2D eigenvalue weighted by Crippen LogP contribution is -2.43. The van der Waals surface area contributed by atoms with Crippen molar-refractivity contribution in [3.63, 3.8) is 0 Å². The monoisotopic (exact) mass is 461 g/mol. The highest BCUT2D eigenvalue weighted by Crippen LogP contribution is 2.28. The van der Waals surface area contributed by atoms with Crippen molar-refractivity contribution in [2.75, 3.05) is 43.5 Å². The van der Waals surface area contributed by atoms with Gasteiger partial charge < -0.3 is 20.3 Å². The number of hydrogen-bond acceptors (Lipinski definition) is 8. The average molecular weight is 462 g/mol. The Balaban J connectivity index is 1.31. The number of thiazole rings is 1. The molecule has 0 aliphatic carbocycles. The van der Waals surface area contributed by atoms with Crippen LogP contribution in [0.3, 0.4) is 0 Å². The van der Waals surface area contributed by atoms with E-state index >= 15 is 0 Å². The van der Waals surface area contributed by atoms with Crippen molar-refractivity contribution in [2.24, 2.45) is 0 Å². The molecule has 1 amide bonds. The van der Waals surface area contributed by atoms with Crippen LogP contribution in [0.1, 0.15) is 10.5 Å². The predicted octanol–water partition coefficient (Wildman–Crippen LogP) is 3.06. The molecule has 9 nitrogen and oxygen atoms in total. The second kappa shape index (κ2) is 9.39. The number of hydrogen-bond donors (Lipinski definition) is 2. The van der Waals surface area contributed by atoms with Gasteiger partial charge in [-0.05, 0) is 30.3 Å². The van der Waals surface area contributed by atoms with Gasteiger partial charge in [-0.3, -0.25) is 9.78 Å². The Bertz CT molecular complexity index is 1250. The second-order valence-corrected chi connectivity index (χ2v) is 8.35. The Hall–Kier alpha value is -3.76. The molecule has 10 heteroatoms. The van der Waals surface area contributed by atoms with Crippen molar-refractivity contribution < 1.29 is 9.53 Å². The molecule has 0 spiro atoms. The minimum Gasteiger partial charge on any atom is -0.497 e. The van der Waals surface area contributed by atoms with Gasteiger partial charge in [-0.1, -0.05) is 0 Å². The first-order valence-corrected chi connectivity index (χ1v) is 11.5.